The zero-order chi connectivity index (χ0) is 13.5. The molecule has 0 heterocycles. The number of nitrogens with two attached hydrogens (primary N) is 1. The van der Waals surface area contributed by atoms with Crippen LogP contribution in [0, 0.1) is 25.7 Å². The smallest absolute Gasteiger partial charge is 0.240 e. The second kappa shape index (κ2) is 4.55. The quantitative estimate of drug-likeness (QED) is 0.818. The Morgan fingerprint density at radius 1 is 1.39 bits per heavy atom. The Morgan fingerprint density at radius 3 is 2.56 bits per heavy atom. The van der Waals surface area contributed by atoms with Gasteiger partial charge in [0, 0.05) is 12.2 Å². The van der Waals surface area contributed by atoms with E-state index in [4.69, 9.17) is 5.73 Å². The van der Waals surface area contributed by atoms with Crippen molar-refractivity contribution in [3.05, 3.63) is 23.3 Å². The molecule has 1 aromatic carbocycles. The Morgan fingerprint density at radius 2 is 2.00 bits per heavy atom. The largest absolute Gasteiger partial charge is 0.399 e. The molecule has 1 aliphatic rings. The van der Waals surface area contributed by atoms with Crippen LogP contribution in [0.2, 0.25) is 0 Å². The molecule has 2 unspecified atom stereocenters. The van der Waals surface area contributed by atoms with Crippen LogP contribution in [-0.4, -0.2) is 15.0 Å². The second-order valence-corrected chi connectivity index (χ2v) is 7.02. The first-order valence-electron chi connectivity index (χ1n) is 6.17. The fourth-order valence-corrected chi connectivity index (χ4v) is 3.56. The first-order chi connectivity index (χ1) is 8.31. The molecule has 2 rings (SSSR count). The summed E-state index contributed by atoms with van der Waals surface area (Å²) in [6.07, 6.45) is 1.11. The molecule has 1 fully saturated rings. The zero-order valence-corrected chi connectivity index (χ0v) is 11.8. The zero-order valence-electron chi connectivity index (χ0n) is 11.0. The molecule has 0 aromatic heterocycles. The van der Waals surface area contributed by atoms with E-state index >= 15 is 0 Å². The maximum atomic E-state index is 12.2. The average Bonchev–Trinajstić information content (AvgIpc) is 2.97. The number of rotatable bonds is 4. The SMILES string of the molecule is Cc1cc(N)cc(S(=O)(=O)NCC2CC2C)c1C. The summed E-state index contributed by atoms with van der Waals surface area (Å²) in [5.41, 5.74) is 7.87. The lowest BCUT2D eigenvalue weighted by atomic mass is 10.1. The molecule has 18 heavy (non-hydrogen) atoms. The van der Waals surface area contributed by atoms with Gasteiger partial charge in [-0.15, -0.1) is 0 Å². The highest BCUT2D eigenvalue weighted by molar-refractivity contribution is 7.89. The second-order valence-electron chi connectivity index (χ2n) is 5.29. The molecule has 5 heteroatoms. The number of hydrogen-bond donors (Lipinski definition) is 2. The fourth-order valence-electron chi connectivity index (χ4n) is 2.11. The van der Waals surface area contributed by atoms with Crippen LogP contribution in [0.5, 0.6) is 0 Å². The molecule has 0 bridgehead atoms. The topological polar surface area (TPSA) is 72.2 Å². The van der Waals surface area contributed by atoms with Crippen molar-refractivity contribution < 1.29 is 8.42 Å². The molecule has 4 nitrogen and oxygen atoms in total. The Balaban J connectivity index is 2.23. The highest BCUT2D eigenvalue weighted by Gasteiger charge is 2.33. The van der Waals surface area contributed by atoms with Gasteiger partial charge in [-0.3, -0.25) is 0 Å². The van der Waals surface area contributed by atoms with Gasteiger partial charge >= 0.3 is 0 Å². The summed E-state index contributed by atoms with van der Waals surface area (Å²) in [6.45, 7) is 6.34. The van der Waals surface area contributed by atoms with Gasteiger partial charge < -0.3 is 5.73 Å². The third-order valence-corrected chi connectivity index (χ3v) is 5.29. The minimum atomic E-state index is -3.44. The molecule has 1 aromatic rings. The molecule has 0 saturated heterocycles. The summed E-state index contributed by atoms with van der Waals surface area (Å²) in [5, 5.41) is 0. The number of anilines is 1. The minimum Gasteiger partial charge on any atom is -0.399 e. The van der Waals surface area contributed by atoms with Gasteiger partial charge in [0.2, 0.25) is 10.0 Å². The fraction of sp³-hybridized carbons (Fsp3) is 0.538. The van der Waals surface area contributed by atoms with Gasteiger partial charge in [0.25, 0.3) is 0 Å². The van der Waals surface area contributed by atoms with Crippen molar-refractivity contribution in [2.24, 2.45) is 11.8 Å². The first-order valence-corrected chi connectivity index (χ1v) is 7.66. The van der Waals surface area contributed by atoms with E-state index in [1.54, 1.807) is 6.07 Å². The lowest BCUT2D eigenvalue weighted by Gasteiger charge is -2.12. The third-order valence-electron chi connectivity index (χ3n) is 3.74. The van der Waals surface area contributed by atoms with Gasteiger partial charge in [-0.05, 0) is 55.4 Å². The standard InChI is InChI=1S/C13H20N2O2S/c1-8-5-12(14)6-13(10(8)3)18(16,17)15-7-11-4-9(11)2/h5-6,9,11,15H,4,7,14H2,1-3H3. The van der Waals surface area contributed by atoms with Gasteiger partial charge in [-0.1, -0.05) is 6.92 Å². The highest BCUT2D eigenvalue weighted by Crippen LogP contribution is 2.37. The Bertz CT molecular complexity index is 567. The first kappa shape index (κ1) is 13.4. The molecule has 0 amide bonds. The van der Waals surface area contributed by atoms with E-state index in [2.05, 4.69) is 11.6 Å². The normalized spacial score (nSPS) is 23.1. The Kier molecular flexibility index (Phi) is 3.38. The molecule has 0 radical (unpaired) electrons. The van der Waals surface area contributed by atoms with E-state index in [0.717, 1.165) is 17.5 Å². The van der Waals surface area contributed by atoms with Crippen LogP contribution >= 0.6 is 0 Å². The van der Waals surface area contributed by atoms with Gasteiger partial charge in [0.15, 0.2) is 0 Å². The molecule has 1 aliphatic carbocycles. The van der Waals surface area contributed by atoms with Crippen LogP contribution in [0.1, 0.15) is 24.5 Å². The maximum absolute atomic E-state index is 12.2. The number of nitrogen functional groups attached to an aromatic ring is 1. The van der Waals surface area contributed by atoms with Crippen molar-refractivity contribution in [3.63, 3.8) is 0 Å². The summed E-state index contributed by atoms with van der Waals surface area (Å²) in [4.78, 5) is 0.299. The summed E-state index contributed by atoms with van der Waals surface area (Å²) in [5.74, 6) is 1.12. The van der Waals surface area contributed by atoms with E-state index in [9.17, 15) is 8.42 Å². The highest BCUT2D eigenvalue weighted by atomic mass is 32.2. The van der Waals surface area contributed by atoms with Crippen LogP contribution < -0.4 is 10.5 Å². The summed E-state index contributed by atoms with van der Waals surface area (Å²) >= 11 is 0. The van der Waals surface area contributed by atoms with Crippen molar-refractivity contribution >= 4 is 15.7 Å². The van der Waals surface area contributed by atoms with Gasteiger partial charge in [-0.25, -0.2) is 13.1 Å². The van der Waals surface area contributed by atoms with Crippen LogP contribution in [0.25, 0.3) is 0 Å². The molecular weight excluding hydrogens is 248 g/mol. The van der Waals surface area contributed by atoms with Crippen molar-refractivity contribution in [2.75, 3.05) is 12.3 Å². The van der Waals surface area contributed by atoms with E-state index in [-0.39, 0.29) is 0 Å². The number of aryl methyl sites for hydroxylation is 1. The molecule has 3 N–H and O–H groups in total. The van der Waals surface area contributed by atoms with E-state index in [1.807, 2.05) is 13.8 Å². The van der Waals surface area contributed by atoms with Crippen molar-refractivity contribution in [2.45, 2.75) is 32.1 Å². The molecular formula is C13H20N2O2S. The Hall–Kier alpha value is -1.07. The maximum Gasteiger partial charge on any atom is 0.240 e. The van der Waals surface area contributed by atoms with Crippen LogP contribution in [0.3, 0.4) is 0 Å². The molecule has 0 aliphatic heterocycles. The van der Waals surface area contributed by atoms with Gasteiger partial charge in [-0.2, -0.15) is 0 Å². The predicted molar refractivity (Wildman–Crippen MR) is 72.8 cm³/mol. The molecule has 100 valence electrons. The summed E-state index contributed by atoms with van der Waals surface area (Å²) < 4.78 is 27.1. The van der Waals surface area contributed by atoms with Gasteiger partial charge in [0.05, 0.1) is 4.90 Å². The monoisotopic (exact) mass is 268 g/mol. The van der Waals surface area contributed by atoms with Gasteiger partial charge in [0.1, 0.15) is 0 Å². The number of benzene rings is 1. The van der Waals surface area contributed by atoms with E-state index in [1.165, 1.54) is 6.07 Å². The Labute approximate surface area is 109 Å². The molecule has 2 atom stereocenters. The van der Waals surface area contributed by atoms with Crippen LogP contribution in [0.15, 0.2) is 17.0 Å². The van der Waals surface area contributed by atoms with Crippen LogP contribution in [-0.2, 0) is 10.0 Å². The third kappa shape index (κ3) is 2.67. The van der Waals surface area contributed by atoms with Crippen molar-refractivity contribution in [1.82, 2.24) is 4.72 Å². The summed E-state index contributed by atoms with van der Waals surface area (Å²) in [6, 6.07) is 3.32. The lowest BCUT2D eigenvalue weighted by Crippen LogP contribution is -2.27. The molecule has 0 spiro atoms. The van der Waals surface area contributed by atoms with E-state index in [0.29, 0.717) is 29.0 Å². The van der Waals surface area contributed by atoms with Crippen molar-refractivity contribution in [3.8, 4) is 0 Å². The van der Waals surface area contributed by atoms with E-state index < -0.39 is 10.0 Å². The predicted octanol–water partition coefficient (Wildman–Crippen LogP) is 1.82. The number of hydrogen-bond acceptors (Lipinski definition) is 3. The number of sulfonamides is 1. The summed E-state index contributed by atoms with van der Waals surface area (Å²) in [7, 11) is -3.44. The molecule has 1 saturated carbocycles. The number of nitrogens with one attached hydrogen (secondary N) is 1. The average molecular weight is 268 g/mol. The lowest BCUT2D eigenvalue weighted by molar-refractivity contribution is 0.574. The van der Waals surface area contributed by atoms with Crippen LogP contribution in [0.4, 0.5) is 5.69 Å². The van der Waals surface area contributed by atoms with Crippen molar-refractivity contribution in [1.29, 1.82) is 0 Å². The minimum absolute atomic E-state index is 0.299.